The first-order valence-electron chi connectivity index (χ1n) is 6.76. The van der Waals surface area contributed by atoms with E-state index in [1.165, 1.54) is 6.42 Å². The van der Waals surface area contributed by atoms with Crippen LogP contribution in [0.4, 0.5) is 0 Å². The molecule has 0 saturated carbocycles. The molecule has 100 valence electrons. The molecular formula is C14H22BrN3. The third kappa shape index (κ3) is 3.53. The number of nitrogens with one attached hydrogen (secondary N) is 1. The van der Waals surface area contributed by atoms with Crippen molar-refractivity contribution in [1.29, 1.82) is 0 Å². The van der Waals surface area contributed by atoms with E-state index in [-0.39, 0.29) is 0 Å². The van der Waals surface area contributed by atoms with Gasteiger partial charge in [0.1, 0.15) is 0 Å². The van der Waals surface area contributed by atoms with Gasteiger partial charge in [0.05, 0.1) is 5.69 Å². The normalized spacial score (nSPS) is 22.9. The van der Waals surface area contributed by atoms with Crippen molar-refractivity contribution in [3.63, 3.8) is 0 Å². The second-order valence-electron chi connectivity index (χ2n) is 5.10. The summed E-state index contributed by atoms with van der Waals surface area (Å²) in [5.41, 5.74) is 1.16. The summed E-state index contributed by atoms with van der Waals surface area (Å²) >= 11 is 3.43. The fraction of sp³-hybridized carbons (Fsp3) is 0.643. The molecule has 0 amide bonds. The number of nitrogens with zero attached hydrogens (tertiary/aromatic N) is 2. The molecule has 1 aliphatic rings. The van der Waals surface area contributed by atoms with Crippen LogP contribution in [0.25, 0.3) is 0 Å². The van der Waals surface area contributed by atoms with Gasteiger partial charge in [-0.05, 0) is 34.0 Å². The van der Waals surface area contributed by atoms with Gasteiger partial charge in [0.25, 0.3) is 0 Å². The van der Waals surface area contributed by atoms with Crippen molar-refractivity contribution in [2.24, 2.45) is 5.92 Å². The number of hydrogen-bond donors (Lipinski definition) is 1. The van der Waals surface area contributed by atoms with Crippen LogP contribution in [0.1, 0.15) is 26.0 Å². The van der Waals surface area contributed by atoms with Crippen molar-refractivity contribution in [2.75, 3.05) is 19.6 Å². The van der Waals surface area contributed by atoms with Gasteiger partial charge in [0, 0.05) is 42.9 Å². The minimum Gasteiger partial charge on any atom is -0.314 e. The van der Waals surface area contributed by atoms with E-state index in [1.807, 2.05) is 6.20 Å². The topological polar surface area (TPSA) is 28.2 Å². The maximum Gasteiger partial charge on any atom is 0.0544 e. The highest BCUT2D eigenvalue weighted by Crippen LogP contribution is 2.19. The molecule has 1 N–H and O–H groups in total. The van der Waals surface area contributed by atoms with Gasteiger partial charge in [0.15, 0.2) is 0 Å². The van der Waals surface area contributed by atoms with Gasteiger partial charge >= 0.3 is 0 Å². The molecule has 1 aromatic heterocycles. The largest absolute Gasteiger partial charge is 0.314 e. The molecule has 4 heteroatoms. The molecule has 2 rings (SSSR count). The van der Waals surface area contributed by atoms with Gasteiger partial charge in [-0.3, -0.25) is 9.88 Å². The smallest absolute Gasteiger partial charge is 0.0544 e. The molecule has 1 aromatic rings. The molecule has 2 unspecified atom stereocenters. The first-order valence-corrected chi connectivity index (χ1v) is 7.55. The van der Waals surface area contributed by atoms with E-state index in [9.17, 15) is 0 Å². The summed E-state index contributed by atoms with van der Waals surface area (Å²) in [6.45, 7) is 8.89. The molecule has 2 heterocycles. The number of piperazine rings is 1. The van der Waals surface area contributed by atoms with Gasteiger partial charge in [-0.15, -0.1) is 0 Å². The number of aromatic nitrogens is 1. The zero-order valence-corrected chi connectivity index (χ0v) is 12.8. The van der Waals surface area contributed by atoms with Crippen LogP contribution in [0.15, 0.2) is 22.8 Å². The lowest BCUT2D eigenvalue weighted by atomic mass is 9.96. The Morgan fingerprint density at radius 3 is 3.06 bits per heavy atom. The van der Waals surface area contributed by atoms with Crippen LogP contribution in [-0.2, 0) is 6.54 Å². The average Bonchev–Trinajstić information content (AvgIpc) is 2.41. The Morgan fingerprint density at radius 2 is 2.39 bits per heavy atom. The quantitative estimate of drug-likeness (QED) is 0.926. The van der Waals surface area contributed by atoms with E-state index in [1.54, 1.807) is 0 Å². The van der Waals surface area contributed by atoms with Crippen LogP contribution in [0, 0.1) is 5.92 Å². The Balaban J connectivity index is 2.03. The lowest BCUT2D eigenvalue weighted by molar-refractivity contribution is 0.107. The monoisotopic (exact) mass is 311 g/mol. The van der Waals surface area contributed by atoms with E-state index in [2.05, 4.69) is 57.1 Å². The number of halogens is 1. The molecule has 0 radical (unpaired) electrons. The van der Waals surface area contributed by atoms with Gasteiger partial charge < -0.3 is 5.32 Å². The number of hydrogen-bond acceptors (Lipinski definition) is 3. The lowest BCUT2D eigenvalue weighted by Gasteiger charge is -2.39. The molecule has 1 aliphatic heterocycles. The summed E-state index contributed by atoms with van der Waals surface area (Å²) < 4.78 is 1.05. The second kappa shape index (κ2) is 6.64. The fourth-order valence-electron chi connectivity index (χ4n) is 2.51. The maximum atomic E-state index is 4.48. The van der Waals surface area contributed by atoms with E-state index >= 15 is 0 Å². The summed E-state index contributed by atoms with van der Waals surface area (Å²) in [7, 11) is 0. The first kappa shape index (κ1) is 14.0. The summed E-state index contributed by atoms with van der Waals surface area (Å²) in [4.78, 5) is 7.05. The van der Waals surface area contributed by atoms with Crippen molar-refractivity contribution in [3.8, 4) is 0 Å². The maximum absolute atomic E-state index is 4.48. The molecule has 2 atom stereocenters. The predicted octanol–water partition coefficient (Wildman–Crippen LogP) is 2.66. The zero-order valence-electron chi connectivity index (χ0n) is 11.2. The Morgan fingerprint density at radius 1 is 1.56 bits per heavy atom. The third-order valence-electron chi connectivity index (χ3n) is 3.85. The summed E-state index contributed by atoms with van der Waals surface area (Å²) in [6.07, 6.45) is 3.12. The van der Waals surface area contributed by atoms with Crippen LogP contribution in [0.3, 0.4) is 0 Å². The van der Waals surface area contributed by atoms with Crippen molar-refractivity contribution in [3.05, 3.63) is 28.5 Å². The molecule has 3 nitrogen and oxygen atoms in total. The Labute approximate surface area is 118 Å². The minimum atomic E-state index is 0.634. The van der Waals surface area contributed by atoms with Crippen LogP contribution in [0.5, 0.6) is 0 Å². The number of pyridine rings is 1. The first-order chi connectivity index (χ1) is 8.70. The summed E-state index contributed by atoms with van der Waals surface area (Å²) in [5.74, 6) is 0.730. The van der Waals surface area contributed by atoms with Crippen LogP contribution in [-0.4, -0.2) is 35.6 Å². The Hall–Kier alpha value is -0.450. The highest BCUT2D eigenvalue weighted by atomic mass is 79.9. The van der Waals surface area contributed by atoms with Crippen molar-refractivity contribution in [1.82, 2.24) is 15.2 Å². The third-order valence-corrected chi connectivity index (χ3v) is 4.32. The average molecular weight is 312 g/mol. The second-order valence-corrected chi connectivity index (χ2v) is 6.01. The molecular weight excluding hydrogens is 290 g/mol. The van der Waals surface area contributed by atoms with E-state index < -0.39 is 0 Å². The fourth-order valence-corrected chi connectivity index (χ4v) is 2.74. The molecule has 0 aromatic carbocycles. The SMILES string of the molecule is CCC(C)C1CNCCN1Cc1ccc(Br)cn1. The van der Waals surface area contributed by atoms with Gasteiger partial charge in [-0.1, -0.05) is 20.3 Å². The molecule has 0 bridgehead atoms. The summed E-state index contributed by atoms with van der Waals surface area (Å²) in [5, 5.41) is 3.51. The molecule has 1 fully saturated rings. The van der Waals surface area contributed by atoms with Gasteiger partial charge in [0.2, 0.25) is 0 Å². The van der Waals surface area contributed by atoms with Crippen molar-refractivity contribution >= 4 is 15.9 Å². The zero-order chi connectivity index (χ0) is 13.0. The van der Waals surface area contributed by atoms with Crippen molar-refractivity contribution in [2.45, 2.75) is 32.9 Å². The Bertz CT molecular complexity index is 366. The highest BCUT2D eigenvalue weighted by Gasteiger charge is 2.26. The molecule has 0 spiro atoms. The van der Waals surface area contributed by atoms with E-state index in [0.717, 1.165) is 42.3 Å². The van der Waals surface area contributed by atoms with Crippen molar-refractivity contribution < 1.29 is 0 Å². The van der Waals surface area contributed by atoms with Crippen LogP contribution >= 0.6 is 15.9 Å². The minimum absolute atomic E-state index is 0.634. The van der Waals surface area contributed by atoms with E-state index in [0.29, 0.717) is 6.04 Å². The standard InChI is InChI=1S/C14H22BrN3/c1-3-11(2)14-9-16-6-7-18(14)10-13-5-4-12(15)8-17-13/h4-5,8,11,14,16H,3,6-7,9-10H2,1-2H3. The molecule has 18 heavy (non-hydrogen) atoms. The highest BCUT2D eigenvalue weighted by molar-refractivity contribution is 9.10. The van der Waals surface area contributed by atoms with Gasteiger partial charge in [-0.25, -0.2) is 0 Å². The van der Waals surface area contributed by atoms with E-state index in [4.69, 9.17) is 0 Å². The predicted molar refractivity (Wildman–Crippen MR) is 78.5 cm³/mol. The van der Waals surface area contributed by atoms with Gasteiger partial charge in [-0.2, -0.15) is 0 Å². The number of rotatable bonds is 4. The molecule has 1 saturated heterocycles. The van der Waals surface area contributed by atoms with Crippen LogP contribution in [0.2, 0.25) is 0 Å². The Kier molecular flexibility index (Phi) is 5.15. The molecule has 0 aliphatic carbocycles. The summed E-state index contributed by atoms with van der Waals surface area (Å²) in [6, 6.07) is 4.82. The van der Waals surface area contributed by atoms with Crippen LogP contribution < -0.4 is 5.32 Å². The lowest BCUT2D eigenvalue weighted by Crippen LogP contribution is -2.53.